The van der Waals surface area contributed by atoms with Crippen molar-refractivity contribution in [3.63, 3.8) is 0 Å². The third-order valence-corrected chi connectivity index (χ3v) is 3.21. The van der Waals surface area contributed by atoms with Gasteiger partial charge in [0.2, 0.25) is 0 Å². The zero-order chi connectivity index (χ0) is 10.8. The van der Waals surface area contributed by atoms with E-state index in [9.17, 15) is 0 Å². The number of halogens is 2. The molecule has 0 radical (unpaired) electrons. The Morgan fingerprint density at radius 2 is 2.40 bits per heavy atom. The summed E-state index contributed by atoms with van der Waals surface area (Å²) >= 11 is 12.0. The minimum Gasteiger partial charge on any atom is -0.379 e. The number of alkyl halides is 1. The Kier molecular flexibility index (Phi) is 3.85. The molecule has 0 aromatic carbocycles. The van der Waals surface area contributed by atoms with Gasteiger partial charge in [-0.05, 0) is 6.92 Å². The molecule has 0 amide bonds. The first-order valence-corrected chi connectivity index (χ1v) is 5.94. The summed E-state index contributed by atoms with van der Waals surface area (Å²) in [6, 6.07) is 0.339. The number of morpholine rings is 1. The zero-order valence-corrected chi connectivity index (χ0v) is 10.1. The zero-order valence-electron chi connectivity index (χ0n) is 8.62. The molecule has 2 aliphatic rings. The van der Waals surface area contributed by atoms with Crippen LogP contribution in [0.1, 0.15) is 13.3 Å². The molecule has 1 fully saturated rings. The standard InChI is InChI=1S/C9H15Cl2N3O/c1-6-5-15-3-2-14(6)9-12-7(10)4-8(11)13-9/h6-7,9,12H,2-5H2,1H3. The maximum Gasteiger partial charge on any atom is 0.158 e. The van der Waals surface area contributed by atoms with Crippen molar-refractivity contribution in [1.82, 2.24) is 10.2 Å². The first-order chi connectivity index (χ1) is 7.16. The molecule has 86 valence electrons. The molecule has 2 heterocycles. The molecular weight excluding hydrogens is 237 g/mol. The predicted octanol–water partition coefficient (Wildman–Crippen LogP) is 1.19. The molecule has 4 nitrogen and oxygen atoms in total. The molecule has 15 heavy (non-hydrogen) atoms. The molecule has 0 bridgehead atoms. The van der Waals surface area contributed by atoms with Gasteiger partial charge in [-0.25, -0.2) is 4.99 Å². The van der Waals surface area contributed by atoms with Crippen LogP contribution in [0.4, 0.5) is 0 Å². The van der Waals surface area contributed by atoms with Gasteiger partial charge in [-0.2, -0.15) is 0 Å². The molecule has 0 aromatic heterocycles. The molecule has 0 saturated carbocycles. The molecule has 1 N–H and O–H groups in total. The van der Waals surface area contributed by atoms with Crippen LogP contribution < -0.4 is 5.32 Å². The van der Waals surface area contributed by atoms with Crippen molar-refractivity contribution in [2.75, 3.05) is 19.8 Å². The summed E-state index contributed by atoms with van der Waals surface area (Å²) in [5, 5.41) is 3.81. The van der Waals surface area contributed by atoms with Crippen molar-refractivity contribution in [2.24, 2.45) is 4.99 Å². The van der Waals surface area contributed by atoms with Crippen LogP contribution in [0, 0.1) is 0 Å². The van der Waals surface area contributed by atoms with Crippen LogP contribution in [0.3, 0.4) is 0 Å². The van der Waals surface area contributed by atoms with Gasteiger partial charge in [-0.3, -0.25) is 10.2 Å². The van der Waals surface area contributed by atoms with E-state index < -0.39 is 0 Å². The SMILES string of the molecule is CC1COCCN1C1N=C(Cl)CC(Cl)N1. The second-order valence-corrected chi connectivity index (χ2v) is 4.84. The monoisotopic (exact) mass is 251 g/mol. The highest BCUT2D eigenvalue weighted by atomic mass is 35.5. The summed E-state index contributed by atoms with van der Waals surface area (Å²) in [7, 11) is 0. The van der Waals surface area contributed by atoms with Crippen molar-refractivity contribution in [3.05, 3.63) is 0 Å². The second-order valence-electron chi connectivity index (χ2n) is 3.88. The van der Waals surface area contributed by atoms with Gasteiger partial charge in [0, 0.05) is 19.0 Å². The summed E-state index contributed by atoms with van der Waals surface area (Å²) in [5.74, 6) is 0. The normalized spacial score (nSPS) is 38.9. The van der Waals surface area contributed by atoms with Crippen LogP contribution in [0.15, 0.2) is 4.99 Å². The molecule has 0 spiro atoms. The number of nitrogens with one attached hydrogen (secondary N) is 1. The fraction of sp³-hybridized carbons (Fsp3) is 0.889. The van der Waals surface area contributed by atoms with Gasteiger partial charge in [0.1, 0.15) is 5.17 Å². The molecule has 6 heteroatoms. The van der Waals surface area contributed by atoms with Crippen molar-refractivity contribution < 1.29 is 4.74 Å². The molecular formula is C9H15Cl2N3O. The van der Waals surface area contributed by atoms with Crippen LogP contribution in [0.5, 0.6) is 0 Å². The molecule has 3 atom stereocenters. The average Bonchev–Trinajstić information content (AvgIpc) is 2.16. The Balaban J connectivity index is 2.05. The largest absolute Gasteiger partial charge is 0.379 e. The first kappa shape index (κ1) is 11.6. The van der Waals surface area contributed by atoms with Crippen LogP contribution >= 0.6 is 23.2 Å². The predicted molar refractivity (Wildman–Crippen MR) is 61.5 cm³/mol. The lowest BCUT2D eigenvalue weighted by atomic mass is 10.2. The van der Waals surface area contributed by atoms with Crippen LogP contribution in [-0.4, -0.2) is 47.7 Å². The topological polar surface area (TPSA) is 36.9 Å². The summed E-state index contributed by atoms with van der Waals surface area (Å²) in [5.41, 5.74) is -0.130. The number of nitrogens with zero attached hydrogens (tertiary/aromatic N) is 2. The van der Waals surface area contributed by atoms with Crippen LogP contribution in [-0.2, 0) is 4.74 Å². The van der Waals surface area contributed by atoms with Crippen LogP contribution in [0.25, 0.3) is 0 Å². The van der Waals surface area contributed by atoms with E-state index in [1.54, 1.807) is 0 Å². The lowest BCUT2D eigenvalue weighted by molar-refractivity contribution is -0.0287. The van der Waals surface area contributed by atoms with Crippen molar-refractivity contribution in [1.29, 1.82) is 0 Å². The van der Waals surface area contributed by atoms with Gasteiger partial charge in [0.15, 0.2) is 6.29 Å². The average molecular weight is 252 g/mol. The molecule has 3 unspecified atom stereocenters. The number of rotatable bonds is 1. The third kappa shape index (κ3) is 2.82. The van der Waals surface area contributed by atoms with E-state index in [-0.39, 0.29) is 11.8 Å². The fourth-order valence-electron chi connectivity index (χ4n) is 1.86. The number of aliphatic imine (C=N–C) groups is 1. The van der Waals surface area contributed by atoms with Gasteiger partial charge in [0.25, 0.3) is 0 Å². The van der Waals surface area contributed by atoms with E-state index in [0.29, 0.717) is 17.6 Å². The summed E-state index contributed by atoms with van der Waals surface area (Å²) in [6.07, 6.45) is 0.492. The highest BCUT2D eigenvalue weighted by Crippen LogP contribution is 2.17. The minimum atomic E-state index is -0.130. The van der Waals surface area contributed by atoms with E-state index >= 15 is 0 Å². The Hall–Kier alpha value is 0.130. The van der Waals surface area contributed by atoms with Gasteiger partial charge >= 0.3 is 0 Å². The Labute approximate surface area is 99.6 Å². The van der Waals surface area contributed by atoms with E-state index in [4.69, 9.17) is 27.9 Å². The second kappa shape index (κ2) is 4.97. The number of hydrogen-bond acceptors (Lipinski definition) is 4. The van der Waals surface area contributed by atoms with Crippen molar-refractivity contribution in [2.45, 2.75) is 31.2 Å². The smallest absolute Gasteiger partial charge is 0.158 e. The summed E-state index contributed by atoms with van der Waals surface area (Å²) in [6.45, 7) is 4.44. The highest BCUT2D eigenvalue weighted by Gasteiger charge is 2.30. The van der Waals surface area contributed by atoms with Crippen LogP contribution in [0.2, 0.25) is 0 Å². The molecule has 1 saturated heterocycles. The van der Waals surface area contributed by atoms with Crippen molar-refractivity contribution in [3.8, 4) is 0 Å². The summed E-state index contributed by atoms with van der Waals surface area (Å²) < 4.78 is 5.37. The minimum absolute atomic E-state index is 0.104. The van der Waals surface area contributed by atoms with E-state index in [2.05, 4.69) is 22.1 Å². The highest BCUT2D eigenvalue weighted by molar-refractivity contribution is 6.65. The van der Waals surface area contributed by atoms with Gasteiger partial charge < -0.3 is 4.74 Å². The van der Waals surface area contributed by atoms with E-state index in [0.717, 1.165) is 19.8 Å². The number of ether oxygens (including phenoxy) is 1. The lowest BCUT2D eigenvalue weighted by Crippen LogP contribution is -2.57. The third-order valence-electron chi connectivity index (χ3n) is 2.67. The maximum absolute atomic E-state index is 6.04. The quantitative estimate of drug-likeness (QED) is 0.562. The molecule has 2 aliphatic heterocycles. The van der Waals surface area contributed by atoms with Gasteiger partial charge in [-0.1, -0.05) is 11.6 Å². The fourth-order valence-corrected chi connectivity index (χ4v) is 2.45. The lowest BCUT2D eigenvalue weighted by Gasteiger charge is -2.39. The van der Waals surface area contributed by atoms with E-state index in [1.165, 1.54) is 0 Å². The number of hydrogen-bond donors (Lipinski definition) is 1. The Morgan fingerprint density at radius 3 is 3.07 bits per heavy atom. The Bertz CT molecular complexity index is 262. The van der Waals surface area contributed by atoms with Gasteiger partial charge in [0.05, 0.1) is 18.7 Å². The van der Waals surface area contributed by atoms with E-state index in [1.807, 2.05) is 0 Å². The molecule has 0 aromatic rings. The molecule has 2 rings (SSSR count). The molecule has 0 aliphatic carbocycles. The first-order valence-electron chi connectivity index (χ1n) is 5.12. The maximum atomic E-state index is 6.04. The summed E-state index contributed by atoms with van der Waals surface area (Å²) in [4.78, 5) is 6.59. The Morgan fingerprint density at radius 1 is 1.60 bits per heavy atom. The van der Waals surface area contributed by atoms with Crippen molar-refractivity contribution >= 4 is 28.4 Å². The van der Waals surface area contributed by atoms with Gasteiger partial charge in [-0.15, -0.1) is 11.6 Å².